The van der Waals surface area contributed by atoms with Crippen LogP contribution in [0.1, 0.15) is 6.92 Å². The summed E-state index contributed by atoms with van der Waals surface area (Å²) in [5.74, 6) is 0.484. The van der Waals surface area contributed by atoms with Crippen molar-refractivity contribution in [3.05, 3.63) is 0 Å². The van der Waals surface area contributed by atoms with Crippen LogP contribution in [0.4, 0.5) is 0 Å². The van der Waals surface area contributed by atoms with E-state index < -0.39 is 0 Å². The molecule has 0 heterocycles. The number of nitrogens with zero attached hydrogens (tertiary/aromatic N) is 2. The smallest absolute Gasteiger partial charge is 0.125 e. The van der Waals surface area contributed by atoms with E-state index >= 15 is 0 Å². The molecule has 0 unspecified atom stereocenters. The van der Waals surface area contributed by atoms with Crippen LogP contribution in [0.2, 0.25) is 0 Å². The van der Waals surface area contributed by atoms with Gasteiger partial charge in [0.2, 0.25) is 0 Å². The maximum atomic E-state index is 5.10. The van der Waals surface area contributed by atoms with Gasteiger partial charge in [-0.05, 0) is 19.7 Å². The lowest BCUT2D eigenvalue weighted by atomic mass is 10.7. The predicted octanol–water partition coefficient (Wildman–Crippen LogP) is 0.237. The number of hydrogen-bond donors (Lipinski definition) is 2. The first-order chi connectivity index (χ1) is 3.27. The molecule has 40 valence electrons. The SMILES string of the molecule is CC(N)=NC=NS. The standard InChI is InChI=1S/C3H7N3S/c1-3(4)5-2-6-7/h2,7H,1H3,(H2,4,5,6). The number of thiol groups is 1. The quantitative estimate of drug-likeness (QED) is 0.288. The third-order valence-corrected chi connectivity index (χ3v) is 0.416. The summed E-state index contributed by atoms with van der Waals surface area (Å²) in [4.78, 5) is 3.57. The van der Waals surface area contributed by atoms with Crippen LogP contribution in [0.3, 0.4) is 0 Å². The molecule has 0 saturated carbocycles. The van der Waals surface area contributed by atoms with E-state index in [4.69, 9.17) is 5.73 Å². The Balaban J connectivity index is 3.46. The zero-order valence-electron chi connectivity index (χ0n) is 4.00. The fourth-order valence-corrected chi connectivity index (χ4v) is 0.169. The first-order valence-electron chi connectivity index (χ1n) is 1.73. The Labute approximate surface area is 47.9 Å². The van der Waals surface area contributed by atoms with Crippen LogP contribution in [-0.4, -0.2) is 12.2 Å². The third-order valence-electron chi connectivity index (χ3n) is 0.313. The normalized spacial score (nSPS) is 13.1. The summed E-state index contributed by atoms with van der Waals surface area (Å²) in [5, 5.41) is 0. The van der Waals surface area contributed by atoms with Crippen molar-refractivity contribution in [2.24, 2.45) is 15.1 Å². The molecule has 4 heteroatoms. The van der Waals surface area contributed by atoms with Gasteiger partial charge in [-0.25, -0.2) is 9.39 Å². The van der Waals surface area contributed by atoms with Gasteiger partial charge in [0.05, 0.1) is 5.84 Å². The van der Waals surface area contributed by atoms with Crippen molar-refractivity contribution in [3.63, 3.8) is 0 Å². The minimum Gasteiger partial charge on any atom is -0.387 e. The van der Waals surface area contributed by atoms with Crippen molar-refractivity contribution >= 4 is 25.0 Å². The number of nitrogens with two attached hydrogens (primary N) is 1. The fourth-order valence-electron chi connectivity index (χ4n) is 0.117. The van der Waals surface area contributed by atoms with E-state index in [0.29, 0.717) is 5.84 Å². The van der Waals surface area contributed by atoms with Crippen LogP contribution in [0.5, 0.6) is 0 Å². The molecule has 0 fully saturated rings. The zero-order chi connectivity index (χ0) is 5.70. The summed E-state index contributed by atoms with van der Waals surface area (Å²) in [5.41, 5.74) is 5.10. The van der Waals surface area contributed by atoms with E-state index in [0.717, 1.165) is 0 Å². The molecule has 0 saturated heterocycles. The number of amidine groups is 1. The summed E-state index contributed by atoms with van der Waals surface area (Å²) >= 11 is 3.50. The van der Waals surface area contributed by atoms with Crippen molar-refractivity contribution in [3.8, 4) is 0 Å². The number of aliphatic imine (C=N–C) groups is 1. The van der Waals surface area contributed by atoms with Gasteiger partial charge >= 0.3 is 0 Å². The minimum absolute atomic E-state index is 0.484. The summed E-state index contributed by atoms with van der Waals surface area (Å²) in [7, 11) is 0. The molecular weight excluding hydrogens is 110 g/mol. The van der Waals surface area contributed by atoms with Crippen LogP contribution < -0.4 is 5.73 Å². The van der Waals surface area contributed by atoms with Gasteiger partial charge in [0, 0.05) is 0 Å². The molecule has 0 bridgehead atoms. The highest BCUT2D eigenvalue weighted by Gasteiger charge is 1.67. The van der Waals surface area contributed by atoms with Crippen LogP contribution in [-0.2, 0) is 0 Å². The zero-order valence-corrected chi connectivity index (χ0v) is 4.89. The van der Waals surface area contributed by atoms with Crippen LogP contribution in [0.25, 0.3) is 0 Å². The average molecular weight is 117 g/mol. The molecule has 0 radical (unpaired) electrons. The third kappa shape index (κ3) is 5.49. The van der Waals surface area contributed by atoms with Gasteiger partial charge in [0.15, 0.2) is 0 Å². The molecule has 0 aromatic rings. The highest BCUT2D eigenvalue weighted by Crippen LogP contribution is 1.69. The summed E-state index contributed by atoms with van der Waals surface area (Å²) < 4.78 is 3.28. The molecule has 0 rings (SSSR count). The van der Waals surface area contributed by atoms with E-state index in [1.54, 1.807) is 6.92 Å². The predicted molar refractivity (Wildman–Crippen MR) is 34.8 cm³/mol. The fraction of sp³-hybridized carbons (Fsp3) is 0.333. The molecule has 2 N–H and O–H groups in total. The van der Waals surface area contributed by atoms with E-state index in [1.807, 2.05) is 0 Å². The van der Waals surface area contributed by atoms with Gasteiger partial charge in [-0.1, -0.05) is 0 Å². The second-order valence-electron chi connectivity index (χ2n) is 1.00. The Morgan fingerprint density at radius 3 is 2.57 bits per heavy atom. The van der Waals surface area contributed by atoms with Crippen LogP contribution in [0, 0.1) is 0 Å². The lowest BCUT2D eigenvalue weighted by Gasteiger charge is -1.78. The molecule has 0 aliphatic carbocycles. The van der Waals surface area contributed by atoms with Crippen LogP contribution in [0.15, 0.2) is 9.39 Å². The Morgan fingerprint density at radius 2 is 2.43 bits per heavy atom. The van der Waals surface area contributed by atoms with E-state index in [2.05, 4.69) is 22.2 Å². The van der Waals surface area contributed by atoms with Crippen molar-refractivity contribution in [1.82, 2.24) is 0 Å². The Hall–Kier alpha value is -0.510. The van der Waals surface area contributed by atoms with Crippen molar-refractivity contribution in [2.75, 3.05) is 0 Å². The second kappa shape index (κ2) is 3.67. The molecule has 0 amide bonds. The maximum absolute atomic E-state index is 5.10. The highest BCUT2D eigenvalue weighted by atomic mass is 32.1. The lowest BCUT2D eigenvalue weighted by Crippen LogP contribution is -2.04. The molecule has 0 atom stereocenters. The Bertz CT molecular complexity index is 92.4. The van der Waals surface area contributed by atoms with Gasteiger partial charge in [-0.3, -0.25) is 0 Å². The number of hydrogen-bond acceptors (Lipinski definition) is 2. The second-order valence-corrected chi connectivity index (χ2v) is 1.23. The van der Waals surface area contributed by atoms with Crippen LogP contribution >= 0.6 is 12.8 Å². The maximum Gasteiger partial charge on any atom is 0.125 e. The average Bonchev–Trinajstić information content (AvgIpc) is 1.61. The number of rotatable bonds is 1. The molecule has 0 aliphatic rings. The van der Waals surface area contributed by atoms with Crippen molar-refractivity contribution in [1.29, 1.82) is 0 Å². The minimum atomic E-state index is 0.484. The first kappa shape index (κ1) is 6.49. The molecule has 0 aliphatic heterocycles. The molecule has 0 aromatic carbocycles. The summed E-state index contributed by atoms with van der Waals surface area (Å²) in [6.45, 7) is 1.68. The van der Waals surface area contributed by atoms with Crippen molar-refractivity contribution in [2.45, 2.75) is 6.92 Å². The van der Waals surface area contributed by atoms with E-state index in [-0.39, 0.29) is 0 Å². The Morgan fingerprint density at radius 1 is 1.86 bits per heavy atom. The summed E-state index contributed by atoms with van der Waals surface area (Å²) in [6, 6.07) is 0. The lowest BCUT2D eigenvalue weighted by molar-refractivity contribution is 1.56. The largest absolute Gasteiger partial charge is 0.387 e. The molecule has 0 aromatic heterocycles. The van der Waals surface area contributed by atoms with Gasteiger partial charge < -0.3 is 5.73 Å². The molecule has 7 heavy (non-hydrogen) atoms. The summed E-state index contributed by atoms with van der Waals surface area (Å²) in [6.07, 6.45) is 1.28. The van der Waals surface area contributed by atoms with Gasteiger partial charge in [-0.2, -0.15) is 0 Å². The molecular formula is C3H7N3S. The molecule has 3 nitrogen and oxygen atoms in total. The van der Waals surface area contributed by atoms with E-state index in [1.165, 1.54) is 6.34 Å². The van der Waals surface area contributed by atoms with Gasteiger partial charge in [0.25, 0.3) is 0 Å². The first-order valence-corrected chi connectivity index (χ1v) is 2.13. The molecule has 0 spiro atoms. The topological polar surface area (TPSA) is 50.7 Å². The van der Waals surface area contributed by atoms with E-state index in [9.17, 15) is 0 Å². The van der Waals surface area contributed by atoms with Gasteiger partial charge in [-0.15, -0.1) is 0 Å². The highest BCUT2D eigenvalue weighted by molar-refractivity contribution is 7.78. The van der Waals surface area contributed by atoms with Crippen molar-refractivity contribution < 1.29 is 0 Å². The van der Waals surface area contributed by atoms with Gasteiger partial charge in [0.1, 0.15) is 6.34 Å². The Kier molecular flexibility index (Phi) is 3.40. The monoisotopic (exact) mass is 117 g/mol.